The molecular formula is C15H20N4O3. The van der Waals surface area contributed by atoms with Crippen molar-refractivity contribution >= 4 is 22.9 Å². The first kappa shape index (κ1) is 15.9. The van der Waals surface area contributed by atoms with Gasteiger partial charge < -0.3 is 10.4 Å². The topological polar surface area (TPSA) is 97.1 Å². The number of aryl methyl sites for hydroxylation is 1. The molecule has 2 aromatic heterocycles. The molecule has 118 valence electrons. The summed E-state index contributed by atoms with van der Waals surface area (Å²) in [5, 5.41) is 16.5. The average molecular weight is 304 g/mol. The van der Waals surface area contributed by atoms with Crippen LogP contribution in [0.4, 0.5) is 0 Å². The minimum absolute atomic E-state index is 0.0787. The molecule has 0 radical (unpaired) electrons. The van der Waals surface area contributed by atoms with E-state index in [1.807, 2.05) is 20.8 Å². The lowest BCUT2D eigenvalue weighted by Gasteiger charge is -2.11. The highest BCUT2D eigenvalue weighted by molar-refractivity contribution is 6.05. The summed E-state index contributed by atoms with van der Waals surface area (Å²) in [5.74, 6) is -1.89. The third-order valence-corrected chi connectivity index (χ3v) is 3.42. The molecule has 2 N–H and O–H groups in total. The summed E-state index contributed by atoms with van der Waals surface area (Å²) in [6.45, 7) is 7.42. The van der Waals surface area contributed by atoms with Crippen LogP contribution in [0, 0.1) is 12.8 Å². The number of carbonyl (C=O) groups is 2. The Kier molecular flexibility index (Phi) is 4.44. The smallest absolute Gasteiger partial charge is 0.308 e. The van der Waals surface area contributed by atoms with Crippen molar-refractivity contribution in [3.63, 3.8) is 0 Å². The van der Waals surface area contributed by atoms with Crippen molar-refractivity contribution in [2.45, 2.75) is 33.7 Å². The Morgan fingerprint density at radius 2 is 2.05 bits per heavy atom. The highest BCUT2D eigenvalue weighted by Gasteiger charge is 2.18. The number of rotatable bonds is 5. The molecular weight excluding hydrogens is 284 g/mol. The molecule has 0 saturated carbocycles. The predicted octanol–water partition coefficient (Wildman–Crippen LogP) is 1.77. The number of carboxylic acids is 1. The van der Waals surface area contributed by atoms with Crippen molar-refractivity contribution in [3.8, 4) is 0 Å². The maximum Gasteiger partial charge on any atom is 0.308 e. The lowest BCUT2D eigenvalue weighted by atomic mass is 10.1. The maximum atomic E-state index is 12.3. The van der Waals surface area contributed by atoms with Gasteiger partial charge >= 0.3 is 5.97 Å². The van der Waals surface area contributed by atoms with E-state index in [-0.39, 0.29) is 18.5 Å². The number of nitrogens with one attached hydrogen (secondary N) is 1. The standard InChI is InChI=1S/C15H20N4O3/c1-8(2)19-13-12(7-17-19)11(5-10(4)18-13)14(20)16-6-9(3)15(21)22/h5,7-9H,6H2,1-4H3,(H,16,20)(H,21,22). The Hall–Kier alpha value is -2.44. The summed E-state index contributed by atoms with van der Waals surface area (Å²) in [6, 6.07) is 1.82. The Morgan fingerprint density at radius 1 is 1.36 bits per heavy atom. The summed E-state index contributed by atoms with van der Waals surface area (Å²) in [7, 11) is 0. The largest absolute Gasteiger partial charge is 0.481 e. The number of carbonyl (C=O) groups excluding carboxylic acids is 1. The minimum atomic E-state index is -0.941. The molecule has 2 heterocycles. The van der Waals surface area contributed by atoms with Gasteiger partial charge in [-0.1, -0.05) is 6.92 Å². The molecule has 0 aliphatic heterocycles. The number of hydrogen-bond donors (Lipinski definition) is 2. The van der Waals surface area contributed by atoms with Crippen molar-refractivity contribution in [1.82, 2.24) is 20.1 Å². The van der Waals surface area contributed by atoms with Gasteiger partial charge in [0.15, 0.2) is 5.65 Å². The van der Waals surface area contributed by atoms with Gasteiger partial charge in [-0.2, -0.15) is 5.10 Å². The molecule has 22 heavy (non-hydrogen) atoms. The molecule has 0 aliphatic carbocycles. The van der Waals surface area contributed by atoms with E-state index in [4.69, 9.17) is 5.11 Å². The van der Waals surface area contributed by atoms with Gasteiger partial charge in [0.2, 0.25) is 0 Å². The Labute approximate surface area is 128 Å². The van der Waals surface area contributed by atoms with Crippen LogP contribution in [-0.4, -0.2) is 38.3 Å². The number of fused-ring (bicyclic) bond motifs is 1. The second-order valence-corrected chi connectivity index (χ2v) is 5.68. The zero-order chi connectivity index (χ0) is 16.4. The Morgan fingerprint density at radius 3 is 2.64 bits per heavy atom. The predicted molar refractivity (Wildman–Crippen MR) is 81.8 cm³/mol. The molecule has 0 aromatic carbocycles. The maximum absolute atomic E-state index is 12.3. The molecule has 7 nitrogen and oxygen atoms in total. The van der Waals surface area contributed by atoms with E-state index in [2.05, 4.69) is 15.4 Å². The van der Waals surface area contributed by atoms with Crippen LogP contribution in [-0.2, 0) is 4.79 Å². The van der Waals surface area contributed by atoms with E-state index in [1.54, 1.807) is 23.9 Å². The summed E-state index contributed by atoms with van der Waals surface area (Å²) < 4.78 is 1.76. The third-order valence-electron chi connectivity index (χ3n) is 3.42. The first-order chi connectivity index (χ1) is 10.3. The van der Waals surface area contributed by atoms with Gasteiger partial charge in [0.25, 0.3) is 5.91 Å². The van der Waals surface area contributed by atoms with Crippen molar-refractivity contribution in [1.29, 1.82) is 0 Å². The average Bonchev–Trinajstić information content (AvgIpc) is 2.86. The molecule has 0 spiro atoms. The minimum Gasteiger partial charge on any atom is -0.481 e. The monoisotopic (exact) mass is 304 g/mol. The quantitative estimate of drug-likeness (QED) is 0.877. The third kappa shape index (κ3) is 3.08. The van der Waals surface area contributed by atoms with Gasteiger partial charge in [0.05, 0.1) is 23.1 Å². The Balaban J connectivity index is 2.34. The molecule has 2 rings (SSSR count). The van der Waals surface area contributed by atoms with Gasteiger partial charge in [-0.3, -0.25) is 9.59 Å². The highest BCUT2D eigenvalue weighted by Crippen LogP contribution is 2.20. The normalized spacial score (nSPS) is 12.6. The number of amides is 1. The van der Waals surface area contributed by atoms with E-state index in [1.165, 1.54) is 0 Å². The number of aliphatic carboxylic acids is 1. The molecule has 7 heteroatoms. The number of nitrogens with zero attached hydrogens (tertiary/aromatic N) is 3. The molecule has 1 unspecified atom stereocenters. The van der Waals surface area contributed by atoms with Crippen LogP contribution in [0.15, 0.2) is 12.3 Å². The van der Waals surface area contributed by atoms with Crippen LogP contribution in [0.2, 0.25) is 0 Å². The van der Waals surface area contributed by atoms with Crippen LogP contribution in [0.5, 0.6) is 0 Å². The number of aromatic nitrogens is 3. The van der Waals surface area contributed by atoms with E-state index in [0.717, 1.165) is 0 Å². The zero-order valence-corrected chi connectivity index (χ0v) is 13.1. The lowest BCUT2D eigenvalue weighted by molar-refractivity contribution is -0.140. The number of pyridine rings is 1. The van der Waals surface area contributed by atoms with Crippen molar-refractivity contribution < 1.29 is 14.7 Å². The van der Waals surface area contributed by atoms with Gasteiger partial charge in [-0.05, 0) is 26.8 Å². The van der Waals surface area contributed by atoms with E-state index < -0.39 is 11.9 Å². The first-order valence-corrected chi connectivity index (χ1v) is 7.17. The molecule has 2 aromatic rings. The van der Waals surface area contributed by atoms with Crippen molar-refractivity contribution in [3.05, 3.63) is 23.5 Å². The Bertz CT molecular complexity index is 721. The second-order valence-electron chi connectivity index (χ2n) is 5.68. The fraction of sp³-hybridized carbons (Fsp3) is 0.467. The fourth-order valence-corrected chi connectivity index (χ4v) is 2.14. The van der Waals surface area contributed by atoms with Gasteiger partial charge in [0, 0.05) is 18.3 Å². The summed E-state index contributed by atoms with van der Waals surface area (Å²) in [4.78, 5) is 27.6. The molecule has 0 fully saturated rings. The molecule has 0 saturated heterocycles. The molecule has 0 bridgehead atoms. The van der Waals surface area contributed by atoms with Crippen molar-refractivity contribution in [2.75, 3.05) is 6.54 Å². The second kappa shape index (κ2) is 6.13. The number of carboxylic acid groups (broad SMARTS) is 1. The molecule has 1 atom stereocenters. The fourth-order valence-electron chi connectivity index (χ4n) is 2.14. The first-order valence-electron chi connectivity index (χ1n) is 7.17. The molecule has 0 aliphatic rings. The van der Waals surface area contributed by atoms with Crippen molar-refractivity contribution in [2.24, 2.45) is 5.92 Å². The number of hydrogen-bond acceptors (Lipinski definition) is 4. The van der Waals surface area contributed by atoms with Crippen LogP contribution in [0.25, 0.3) is 11.0 Å². The summed E-state index contributed by atoms with van der Waals surface area (Å²) in [6.07, 6.45) is 1.62. The van der Waals surface area contributed by atoms with Crippen LogP contribution >= 0.6 is 0 Å². The SMILES string of the molecule is Cc1cc(C(=O)NCC(C)C(=O)O)c2cnn(C(C)C)c2n1. The summed E-state index contributed by atoms with van der Waals surface area (Å²) in [5.41, 5.74) is 1.84. The zero-order valence-electron chi connectivity index (χ0n) is 13.1. The van der Waals surface area contributed by atoms with Gasteiger partial charge in [-0.25, -0.2) is 9.67 Å². The van der Waals surface area contributed by atoms with Crippen LogP contribution in [0.1, 0.15) is 42.9 Å². The highest BCUT2D eigenvalue weighted by atomic mass is 16.4. The molecule has 1 amide bonds. The van der Waals surface area contributed by atoms with Gasteiger partial charge in [-0.15, -0.1) is 0 Å². The van der Waals surface area contributed by atoms with E-state index in [9.17, 15) is 9.59 Å². The van der Waals surface area contributed by atoms with E-state index >= 15 is 0 Å². The van der Waals surface area contributed by atoms with E-state index in [0.29, 0.717) is 22.3 Å². The van der Waals surface area contributed by atoms with Crippen LogP contribution in [0.3, 0.4) is 0 Å². The van der Waals surface area contributed by atoms with Crippen LogP contribution < -0.4 is 5.32 Å². The van der Waals surface area contributed by atoms with Gasteiger partial charge in [0.1, 0.15) is 0 Å². The summed E-state index contributed by atoms with van der Waals surface area (Å²) >= 11 is 0. The lowest BCUT2D eigenvalue weighted by Crippen LogP contribution is -2.31.